The van der Waals surface area contributed by atoms with Gasteiger partial charge in [-0.1, -0.05) is 0 Å². The molecule has 0 atom stereocenters. The Morgan fingerprint density at radius 1 is 1.19 bits per heavy atom. The van der Waals surface area contributed by atoms with Crippen LogP contribution in [-0.2, 0) is 0 Å². The first kappa shape index (κ1) is 20.8. The van der Waals surface area contributed by atoms with Gasteiger partial charge in [-0.15, -0.1) is 0 Å². The molecule has 2 aromatic heterocycles. The van der Waals surface area contributed by atoms with Crippen molar-refractivity contribution in [1.29, 1.82) is 0 Å². The predicted octanol–water partition coefficient (Wildman–Crippen LogP) is 3.42. The summed E-state index contributed by atoms with van der Waals surface area (Å²) in [5, 5.41) is 3.14. The number of rotatable bonds is 7. The Kier molecular flexibility index (Phi) is 5.70. The zero-order valence-electron chi connectivity index (χ0n) is 18.3. The Morgan fingerprint density at radius 2 is 2.00 bits per heavy atom. The molecule has 0 unspecified atom stereocenters. The highest BCUT2D eigenvalue weighted by Gasteiger charge is 2.25. The molecule has 8 nitrogen and oxygen atoms in total. The average Bonchev–Trinajstić information content (AvgIpc) is 3.54. The average molecular weight is 436 g/mol. The van der Waals surface area contributed by atoms with Crippen LogP contribution < -0.4 is 20.5 Å². The number of ether oxygens (including phenoxy) is 2. The molecule has 0 spiro atoms. The van der Waals surface area contributed by atoms with Crippen molar-refractivity contribution in [3.8, 4) is 22.8 Å². The molecule has 5 rings (SSSR count). The molecule has 2 aliphatic rings. The van der Waals surface area contributed by atoms with Gasteiger partial charge >= 0.3 is 0 Å². The number of H-pyrrole nitrogens is 1. The van der Waals surface area contributed by atoms with Gasteiger partial charge in [0.15, 0.2) is 0 Å². The summed E-state index contributed by atoms with van der Waals surface area (Å²) >= 11 is 0. The summed E-state index contributed by atoms with van der Waals surface area (Å²) < 4.78 is 11.5. The standard InChI is InChI=1S/C24H29N5O3/c1-31-17-8-9-18(20(10-17)32-12-14-2-3-14)21-23-22(28-13-27-21)19(11-26-23)24(30)29-16-6-4-15(25)5-7-16/h8-11,13-16,26H,2-7,12,25H2,1H3,(H,29,30). The minimum atomic E-state index is -0.124. The Morgan fingerprint density at radius 3 is 2.75 bits per heavy atom. The van der Waals surface area contributed by atoms with Gasteiger partial charge in [0, 0.05) is 29.9 Å². The fourth-order valence-electron chi connectivity index (χ4n) is 4.28. The SMILES string of the molecule is COc1ccc(-c2ncnc3c(C(=O)NC4CCC(N)CC4)c[nH]c23)c(OCC2CC2)c1. The maximum Gasteiger partial charge on any atom is 0.255 e. The zero-order valence-corrected chi connectivity index (χ0v) is 18.3. The number of nitrogens with one attached hydrogen (secondary N) is 2. The van der Waals surface area contributed by atoms with Crippen LogP contribution in [-0.4, -0.2) is 46.7 Å². The summed E-state index contributed by atoms with van der Waals surface area (Å²) in [7, 11) is 1.64. The predicted molar refractivity (Wildman–Crippen MR) is 122 cm³/mol. The van der Waals surface area contributed by atoms with Crippen molar-refractivity contribution in [3.63, 3.8) is 0 Å². The van der Waals surface area contributed by atoms with E-state index < -0.39 is 0 Å². The Labute approximate surface area is 186 Å². The van der Waals surface area contributed by atoms with E-state index in [2.05, 4.69) is 20.3 Å². The summed E-state index contributed by atoms with van der Waals surface area (Å²) in [5.41, 5.74) is 9.36. The third kappa shape index (κ3) is 4.27. The minimum absolute atomic E-state index is 0.124. The van der Waals surface area contributed by atoms with Crippen molar-refractivity contribution in [2.45, 2.75) is 50.6 Å². The molecular weight excluding hydrogens is 406 g/mol. The molecule has 3 aromatic rings. The first-order valence-electron chi connectivity index (χ1n) is 11.3. The van der Waals surface area contributed by atoms with Gasteiger partial charge in [-0.3, -0.25) is 4.79 Å². The van der Waals surface area contributed by atoms with E-state index in [1.165, 1.54) is 19.2 Å². The molecule has 2 aliphatic carbocycles. The number of fused-ring (bicyclic) bond motifs is 1. The van der Waals surface area contributed by atoms with E-state index in [1.807, 2.05) is 18.2 Å². The number of methoxy groups -OCH3 is 1. The van der Waals surface area contributed by atoms with Gasteiger partial charge in [-0.2, -0.15) is 0 Å². The quantitative estimate of drug-likeness (QED) is 0.524. The summed E-state index contributed by atoms with van der Waals surface area (Å²) in [4.78, 5) is 25.1. The van der Waals surface area contributed by atoms with E-state index in [1.54, 1.807) is 13.3 Å². The molecule has 168 valence electrons. The van der Waals surface area contributed by atoms with Crippen molar-refractivity contribution < 1.29 is 14.3 Å². The van der Waals surface area contributed by atoms with E-state index in [0.717, 1.165) is 42.7 Å². The summed E-state index contributed by atoms with van der Waals surface area (Å²) in [6.45, 7) is 0.678. The maximum atomic E-state index is 13.0. The van der Waals surface area contributed by atoms with Crippen LogP contribution >= 0.6 is 0 Å². The van der Waals surface area contributed by atoms with Crippen molar-refractivity contribution in [1.82, 2.24) is 20.3 Å². The molecular formula is C24H29N5O3. The van der Waals surface area contributed by atoms with Gasteiger partial charge in [0.2, 0.25) is 0 Å². The van der Waals surface area contributed by atoms with Crippen LogP contribution in [0.2, 0.25) is 0 Å². The van der Waals surface area contributed by atoms with Crippen molar-refractivity contribution >= 4 is 16.9 Å². The number of nitrogens with two attached hydrogens (primary N) is 1. The molecule has 2 saturated carbocycles. The lowest BCUT2D eigenvalue weighted by Crippen LogP contribution is -2.40. The highest BCUT2D eigenvalue weighted by atomic mass is 16.5. The molecule has 0 aliphatic heterocycles. The molecule has 0 bridgehead atoms. The van der Waals surface area contributed by atoms with Gasteiger partial charge < -0.3 is 25.5 Å². The third-order valence-electron chi connectivity index (χ3n) is 6.43. The molecule has 2 heterocycles. The lowest BCUT2D eigenvalue weighted by Gasteiger charge is -2.26. The molecule has 0 saturated heterocycles. The monoisotopic (exact) mass is 435 g/mol. The molecule has 1 aromatic carbocycles. The number of aromatic amines is 1. The van der Waals surface area contributed by atoms with Crippen LogP contribution in [0.3, 0.4) is 0 Å². The van der Waals surface area contributed by atoms with Gasteiger partial charge in [0.25, 0.3) is 5.91 Å². The van der Waals surface area contributed by atoms with E-state index in [4.69, 9.17) is 15.2 Å². The van der Waals surface area contributed by atoms with Crippen LogP contribution in [0.4, 0.5) is 0 Å². The topological polar surface area (TPSA) is 115 Å². The van der Waals surface area contributed by atoms with Crippen LogP contribution in [0, 0.1) is 5.92 Å². The second-order valence-electron chi connectivity index (χ2n) is 8.85. The number of amides is 1. The van der Waals surface area contributed by atoms with Gasteiger partial charge in [0.05, 0.1) is 24.8 Å². The number of hydrogen-bond acceptors (Lipinski definition) is 6. The van der Waals surface area contributed by atoms with E-state index in [0.29, 0.717) is 34.8 Å². The maximum absolute atomic E-state index is 13.0. The fraction of sp³-hybridized carbons (Fsp3) is 0.458. The third-order valence-corrected chi connectivity index (χ3v) is 6.43. The number of nitrogens with zero attached hydrogens (tertiary/aromatic N) is 2. The molecule has 2 fully saturated rings. The van der Waals surface area contributed by atoms with Crippen LogP contribution in [0.25, 0.3) is 22.3 Å². The van der Waals surface area contributed by atoms with Gasteiger partial charge in [0.1, 0.15) is 29.0 Å². The van der Waals surface area contributed by atoms with E-state index >= 15 is 0 Å². The largest absolute Gasteiger partial charge is 0.497 e. The lowest BCUT2D eigenvalue weighted by atomic mass is 9.91. The van der Waals surface area contributed by atoms with Crippen LogP contribution in [0.15, 0.2) is 30.7 Å². The number of hydrogen-bond donors (Lipinski definition) is 3. The normalized spacial score (nSPS) is 20.8. The smallest absolute Gasteiger partial charge is 0.255 e. The van der Waals surface area contributed by atoms with Crippen molar-refractivity contribution in [2.24, 2.45) is 11.7 Å². The van der Waals surface area contributed by atoms with E-state index in [-0.39, 0.29) is 18.0 Å². The second-order valence-corrected chi connectivity index (χ2v) is 8.85. The Hall–Kier alpha value is -3.13. The van der Waals surface area contributed by atoms with Crippen LogP contribution in [0.5, 0.6) is 11.5 Å². The molecule has 4 N–H and O–H groups in total. The molecule has 8 heteroatoms. The van der Waals surface area contributed by atoms with Crippen LogP contribution in [0.1, 0.15) is 48.9 Å². The number of aromatic nitrogens is 3. The highest BCUT2D eigenvalue weighted by Crippen LogP contribution is 2.37. The minimum Gasteiger partial charge on any atom is -0.497 e. The second kappa shape index (κ2) is 8.78. The summed E-state index contributed by atoms with van der Waals surface area (Å²) in [6, 6.07) is 6.10. The molecule has 32 heavy (non-hydrogen) atoms. The number of carbonyl (C=O) groups excluding carboxylic acids is 1. The Balaban J connectivity index is 1.44. The Bertz CT molecular complexity index is 1120. The number of benzene rings is 1. The van der Waals surface area contributed by atoms with Crippen molar-refractivity contribution in [3.05, 3.63) is 36.3 Å². The lowest BCUT2D eigenvalue weighted by molar-refractivity contribution is 0.0927. The summed E-state index contributed by atoms with van der Waals surface area (Å²) in [6.07, 6.45) is 9.31. The van der Waals surface area contributed by atoms with E-state index in [9.17, 15) is 4.79 Å². The molecule has 0 radical (unpaired) electrons. The molecule has 1 amide bonds. The van der Waals surface area contributed by atoms with Crippen molar-refractivity contribution in [2.75, 3.05) is 13.7 Å². The zero-order chi connectivity index (χ0) is 22.1. The first-order valence-corrected chi connectivity index (χ1v) is 11.3. The highest BCUT2D eigenvalue weighted by molar-refractivity contribution is 6.07. The van der Waals surface area contributed by atoms with Gasteiger partial charge in [-0.25, -0.2) is 9.97 Å². The number of carbonyl (C=O) groups is 1. The fourth-order valence-corrected chi connectivity index (χ4v) is 4.28. The first-order chi connectivity index (χ1) is 15.6. The van der Waals surface area contributed by atoms with Gasteiger partial charge in [-0.05, 0) is 56.6 Å². The summed E-state index contributed by atoms with van der Waals surface area (Å²) in [5.74, 6) is 1.94.